The van der Waals surface area contributed by atoms with Crippen LogP contribution in [-0.4, -0.2) is 11.1 Å². The van der Waals surface area contributed by atoms with Gasteiger partial charge in [-0.25, -0.2) is 4.79 Å². The molecule has 0 aromatic carbocycles. The van der Waals surface area contributed by atoms with Crippen LogP contribution < -0.4 is 0 Å². The van der Waals surface area contributed by atoms with Crippen LogP contribution >= 0.6 is 11.3 Å². The first-order chi connectivity index (χ1) is 5.18. The molecule has 0 saturated carbocycles. The smallest absolute Gasteiger partial charge is 0.328 e. The maximum absolute atomic E-state index is 10.1. The highest BCUT2D eigenvalue weighted by Crippen LogP contribution is 2.15. The number of rotatable bonds is 2. The lowest BCUT2D eigenvalue weighted by molar-refractivity contribution is -0.131. The maximum atomic E-state index is 10.1. The molecule has 0 radical (unpaired) electrons. The largest absolute Gasteiger partial charge is 0.478 e. The zero-order chi connectivity index (χ0) is 8.27. The third-order valence-corrected chi connectivity index (χ3v) is 2.12. The van der Waals surface area contributed by atoms with E-state index in [1.165, 1.54) is 4.88 Å². The van der Waals surface area contributed by atoms with Crippen molar-refractivity contribution < 1.29 is 9.90 Å². The molecule has 1 N–H and O–H groups in total. The Kier molecular flexibility index (Phi) is 2.44. The van der Waals surface area contributed by atoms with Crippen LogP contribution in [0.1, 0.15) is 9.75 Å². The lowest BCUT2D eigenvalue weighted by Crippen LogP contribution is -1.84. The molecule has 11 heavy (non-hydrogen) atoms. The first-order valence-corrected chi connectivity index (χ1v) is 3.97. The van der Waals surface area contributed by atoms with E-state index >= 15 is 0 Å². The van der Waals surface area contributed by atoms with Crippen LogP contribution in [0.4, 0.5) is 0 Å². The van der Waals surface area contributed by atoms with Gasteiger partial charge in [0.25, 0.3) is 0 Å². The summed E-state index contributed by atoms with van der Waals surface area (Å²) < 4.78 is 0. The number of hydrogen-bond acceptors (Lipinski definition) is 2. The van der Waals surface area contributed by atoms with Gasteiger partial charge in [0.2, 0.25) is 0 Å². The second-order valence-corrected chi connectivity index (χ2v) is 3.44. The molecule has 0 bridgehead atoms. The van der Waals surface area contributed by atoms with Crippen LogP contribution in [0.15, 0.2) is 18.2 Å². The van der Waals surface area contributed by atoms with Crippen molar-refractivity contribution in [2.24, 2.45) is 0 Å². The Balaban J connectivity index is 2.71. The molecule has 1 rings (SSSR count). The zero-order valence-electron chi connectivity index (χ0n) is 6.07. The Hall–Kier alpha value is -1.09. The van der Waals surface area contributed by atoms with Crippen LogP contribution in [0.25, 0.3) is 6.08 Å². The minimum atomic E-state index is -0.906. The van der Waals surface area contributed by atoms with Crippen LogP contribution in [-0.2, 0) is 4.79 Å². The summed E-state index contributed by atoms with van der Waals surface area (Å²) >= 11 is 1.58. The molecule has 0 atom stereocenters. The molecule has 0 aliphatic rings. The van der Waals surface area contributed by atoms with E-state index in [-0.39, 0.29) is 0 Å². The van der Waals surface area contributed by atoms with Gasteiger partial charge in [0, 0.05) is 15.8 Å². The second-order valence-electron chi connectivity index (χ2n) is 2.12. The number of carboxylic acid groups (broad SMARTS) is 1. The average molecular weight is 168 g/mol. The normalized spacial score (nSPS) is 10.6. The number of carbonyl (C=O) groups is 1. The molecular weight excluding hydrogens is 160 g/mol. The fourth-order valence-corrected chi connectivity index (χ4v) is 1.48. The number of aliphatic carboxylic acids is 1. The highest BCUT2D eigenvalue weighted by Gasteiger charge is 1.91. The van der Waals surface area contributed by atoms with Crippen molar-refractivity contribution in [2.45, 2.75) is 6.92 Å². The lowest BCUT2D eigenvalue weighted by Gasteiger charge is -1.80. The monoisotopic (exact) mass is 168 g/mol. The van der Waals surface area contributed by atoms with Crippen molar-refractivity contribution in [3.8, 4) is 0 Å². The first kappa shape index (κ1) is 8.01. The minimum absolute atomic E-state index is 0.906. The summed E-state index contributed by atoms with van der Waals surface area (Å²) in [6.45, 7) is 1.99. The Morgan fingerprint density at radius 2 is 2.36 bits per heavy atom. The molecule has 3 heteroatoms. The Morgan fingerprint density at radius 3 is 2.82 bits per heavy atom. The standard InChI is InChI=1S/C8H8O2S/c1-6-2-3-7(11-6)4-5-8(9)10/h2-5H,1H3,(H,9,10)/b5-4+. The Labute approximate surface area is 68.8 Å². The van der Waals surface area contributed by atoms with E-state index in [4.69, 9.17) is 5.11 Å². The summed E-state index contributed by atoms with van der Waals surface area (Å²) in [5.41, 5.74) is 0. The van der Waals surface area contributed by atoms with Gasteiger partial charge in [0.15, 0.2) is 0 Å². The molecule has 0 unspecified atom stereocenters. The van der Waals surface area contributed by atoms with Crippen molar-refractivity contribution in [3.63, 3.8) is 0 Å². The third-order valence-electron chi connectivity index (χ3n) is 1.15. The van der Waals surface area contributed by atoms with Gasteiger partial charge in [0.05, 0.1) is 0 Å². The predicted molar refractivity (Wildman–Crippen MR) is 45.7 cm³/mol. The lowest BCUT2D eigenvalue weighted by atomic mass is 10.4. The van der Waals surface area contributed by atoms with E-state index in [0.717, 1.165) is 11.0 Å². The molecule has 1 aromatic rings. The van der Waals surface area contributed by atoms with Crippen molar-refractivity contribution in [1.82, 2.24) is 0 Å². The molecule has 58 valence electrons. The molecule has 0 spiro atoms. The number of aryl methyl sites for hydroxylation is 1. The average Bonchev–Trinajstić information content (AvgIpc) is 2.31. The fourth-order valence-electron chi connectivity index (χ4n) is 0.696. The van der Waals surface area contributed by atoms with E-state index in [2.05, 4.69) is 0 Å². The molecule has 0 amide bonds. The van der Waals surface area contributed by atoms with E-state index in [9.17, 15) is 4.79 Å². The summed E-state index contributed by atoms with van der Waals surface area (Å²) in [5, 5.41) is 8.30. The van der Waals surface area contributed by atoms with Crippen LogP contribution in [0.2, 0.25) is 0 Å². The van der Waals surface area contributed by atoms with Crippen molar-refractivity contribution in [2.75, 3.05) is 0 Å². The maximum Gasteiger partial charge on any atom is 0.328 e. The molecule has 0 fully saturated rings. The summed E-state index contributed by atoms with van der Waals surface area (Å²) in [5.74, 6) is -0.906. The molecule has 0 aliphatic carbocycles. The molecule has 1 heterocycles. The molecule has 2 nitrogen and oxygen atoms in total. The van der Waals surface area contributed by atoms with Gasteiger partial charge in [-0.15, -0.1) is 11.3 Å². The van der Waals surface area contributed by atoms with Gasteiger partial charge in [0.1, 0.15) is 0 Å². The highest BCUT2D eigenvalue weighted by molar-refractivity contribution is 7.12. The summed E-state index contributed by atoms with van der Waals surface area (Å²) in [6, 6.07) is 3.87. The molecular formula is C8H8O2S. The van der Waals surface area contributed by atoms with Crippen molar-refractivity contribution in [3.05, 3.63) is 28.0 Å². The molecule has 0 aliphatic heterocycles. The number of thiophene rings is 1. The first-order valence-electron chi connectivity index (χ1n) is 3.16. The summed E-state index contributed by atoms with van der Waals surface area (Å²) in [7, 11) is 0. The van der Waals surface area contributed by atoms with Crippen LogP contribution in [0.3, 0.4) is 0 Å². The van der Waals surface area contributed by atoms with Gasteiger partial charge in [-0.3, -0.25) is 0 Å². The summed E-state index contributed by atoms with van der Waals surface area (Å²) in [6.07, 6.45) is 2.74. The molecule has 1 aromatic heterocycles. The van der Waals surface area contributed by atoms with E-state index in [1.807, 2.05) is 19.1 Å². The summed E-state index contributed by atoms with van der Waals surface area (Å²) in [4.78, 5) is 12.3. The van der Waals surface area contributed by atoms with E-state index in [1.54, 1.807) is 17.4 Å². The van der Waals surface area contributed by atoms with Crippen LogP contribution in [0, 0.1) is 6.92 Å². The minimum Gasteiger partial charge on any atom is -0.478 e. The second kappa shape index (κ2) is 3.34. The van der Waals surface area contributed by atoms with Gasteiger partial charge in [-0.1, -0.05) is 0 Å². The predicted octanol–water partition coefficient (Wildman–Crippen LogP) is 2.15. The molecule has 0 saturated heterocycles. The van der Waals surface area contributed by atoms with Gasteiger partial charge in [-0.2, -0.15) is 0 Å². The van der Waals surface area contributed by atoms with Crippen molar-refractivity contribution in [1.29, 1.82) is 0 Å². The Bertz CT molecular complexity index is 286. The van der Waals surface area contributed by atoms with E-state index < -0.39 is 5.97 Å². The van der Waals surface area contributed by atoms with Crippen LogP contribution in [0.5, 0.6) is 0 Å². The third kappa shape index (κ3) is 2.55. The Morgan fingerprint density at radius 1 is 1.64 bits per heavy atom. The van der Waals surface area contributed by atoms with Gasteiger partial charge >= 0.3 is 5.97 Å². The highest BCUT2D eigenvalue weighted by atomic mass is 32.1. The zero-order valence-corrected chi connectivity index (χ0v) is 6.89. The quantitative estimate of drug-likeness (QED) is 0.687. The number of carboxylic acids is 1. The topological polar surface area (TPSA) is 37.3 Å². The van der Waals surface area contributed by atoms with Gasteiger partial charge < -0.3 is 5.11 Å². The van der Waals surface area contributed by atoms with Crippen molar-refractivity contribution >= 4 is 23.4 Å². The number of hydrogen-bond donors (Lipinski definition) is 1. The SMILES string of the molecule is Cc1ccc(/C=C/C(=O)O)s1. The van der Waals surface area contributed by atoms with Gasteiger partial charge in [-0.05, 0) is 25.1 Å². The fraction of sp³-hybridized carbons (Fsp3) is 0.125. The van der Waals surface area contributed by atoms with E-state index in [0.29, 0.717) is 0 Å².